The van der Waals surface area contributed by atoms with Crippen LogP contribution in [0.3, 0.4) is 0 Å². The Morgan fingerprint density at radius 2 is 2.04 bits per heavy atom. The highest BCUT2D eigenvalue weighted by Gasteiger charge is 2.27. The summed E-state index contributed by atoms with van der Waals surface area (Å²) in [6.07, 6.45) is 8.79. The van der Waals surface area contributed by atoms with Gasteiger partial charge in [0, 0.05) is 38.6 Å². The van der Waals surface area contributed by atoms with Crippen molar-refractivity contribution in [2.45, 2.75) is 37.1 Å². The summed E-state index contributed by atoms with van der Waals surface area (Å²) >= 11 is 0. The third kappa shape index (κ3) is 4.71. The van der Waals surface area contributed by atoms with Gasteiger partial charge in [-0.05, 0) is 37.5 Å². The molecule has 1 aliphatic rings. The van der Waals surface area contributed by atoms with E-state index in [1.807, 2.05) is 10.8 Å². The van der Waals surface area contributed by atoms with Crippen LogP contribution in [0.5, 0.6) is 5.75 Å². The van der Waals surface area contributed by atoms with Crippen molar-refractivity contribution in [2.75, 3.05) is 26.7 Å². The van der Waals surface area contributed by atoms with E-state index in [1.54, 1.807) is 12.5 Å². The fourth-order valence-electron chi connectivity index (χ4n) is 3.26. The number of methoxy groups -OCH3 is 1. The number of nitrogens with zero attached hydrogens (tertiary/aromatic N) is 3. The molecule has 152 valence electrons. The Labute approximate surface area is 165 Å². The highest BCUT2D eigenvalue weighted by Crippen LogP contribution is 2.26. The maximum atomic E-state index is 12.9. The molecule has 0 bridgehead atoms. The van der Waals surface area contributed by atoms with Gasteiger partial charge in [0.05, 0.1) is 23.9 Å². The second-order valence-electron chi connectivity index (χ2n) is 6.74. The summed E-state index contributed by atoms with van der Waals surface area (Å²) < 4.78 is 34.5. The number of rotatable bonds is 8. The molecule has 28 heavy (non-hydrogen) atoms. The lowest BCUT2D eigenvalue weighted by molar-refractivity contribution is 0.0949. The number of nitrogens with one attached hydrogen (secondary N) is 1. The van der Waals surface area contributed by atoms with Crippen LogP contribution < -0.4 is 10.1 Å². The van der Waals surface area contributed by atoms with E-state index in [9.17, 15) is 13.2 Å². The topological polar surface area (TPSA) is 93.5 Å². The summed E-state index contributed by atoms with van der Waals surface area (Å²) in [5.41, 5.74) is 0.225. The van der Waals surface area contributed by atoms with Crippen LogP contribution in [0.25, 0.3) is 0 Å². The predicted octanol–water partition coefficient (Wildman–Crippen LogP) is 1.89. The van der Waals surface area contributed by atoms with Crippen molar-refractivity contribution in [3.05, 3.63) is 42.5 Å². The zero-order valence-corrected chi connectivity index (χ0v) is 16.8. The Balaban J connectivity index is 1.70. The molecular formula is C19H26N4O4S. The normalized spacial score (nSPS) is 15.3. The van der Waals surface area contributed by atoms with Gasteiger partial charge in [0.15, 0.2) is 0 Å². The first-order chi connectivity index (χ1) is 13.5. The molecule has 2 aromatic rings. The molecule has 1 aliphatic heterocycles. The molecular weight excluding hydrogens is 380 g/mol. The van der Waals surface area contributed by atoms with Crippen LogP contribution in [-0.2, 0) is 16.6 Å². The first-order valence-electron chi connectivity index (χ1n) is 9.44. The lowest BCUT2D eigenvalue weighted by Crippen LogP contribution is -2.35. The van der Waals surface area contributed by atoms with E-state index in [0.29, 0.717) is 25.4 Å². The average Bonchev–Trinajstić information content (AvgIpc) is 3.24. The van der Waals surface area contributed by atoms with Gasteiger partial charge in [-0.3, -0.25) is 4.79 Å². The van der Waals surface area contributed by atoms with Crippen molar-refractivity contribution >= 4 is 15.9 Å². The predicted molar refractivity (Wildman–Crippen MR) is 105 cm³/mol. The van der Waals surface area contributed by atoms with Gasteiger partial charge in [0.2, 0.25) is 10.0 Å². The SMILES string of the molecule is COc1ccc(S(=O)(=O)N2CCCCC2)cc1C(=O)NCCCn1ccnc1. The van der Waals surface area contributed by atoms with Crippen LogP contribution in [0.15, 0.2) is 41.8 Å². The van der Waals surface area contributed by atoms with Gasteiger partial charge in [-0.15, -0.1) is 0 Å². The van der Waals surface area contributed by atoms with Gasteiger partial charge < -0.3 is 14.6 Å². The van der Waals surface area contributed by atoms with Gasteiger partial charge in [-0.2, -0.15) is 4.31 Å². The Bertz CT molecular complexity index is 891. The van der Waals surface area contributed by atoms with Crippen molar-refractivity contribution in [1.29, 1.82) is 0 Å². The van der Waals surface area contributed by atoms with E-state index in [4.69, 9.17) is 4.74 Å². The Morgan fingerprint density at radius 1 is 1.25 bits per heavy atom. The molecule has 1 saturated heterocycles. The maximum Gasteiger partial charge on any atom is 0.255 e. The van der Waals surface area contributed by atoms with Crippen LogP contribution in [0, 0.1) is 0 Å². The van der Waals surface area contributed by atoms with Crippen LogP contribution in [0.2, 0.25) is 0 Å². The van der Waals surface area contributed by atoms with Crippen LogP contribution in [0.4, 0.5) is 0 Å². The number of hydrogen-bond acceptors (Lipinski definition) is 5. The molecule has 1 aromatic heterocycles. The van der Waals surface area contributed by atoms with Crippen LogP contribution in [-0.4, -0.2) is 54.9 Å². The largest absolute Gasteiger partial charge is 0.496 e. The summed E-state index contributed by atoms with van der Waals surface area (Å²) in [6.45, 7) is 2.23. The number of ether oxygens (including phenoxy) is 1. The van der Waals surface area contributed by atoms with Crippen LogP contribution in [0.1, 0.15) is 36.0 Å². The summed E-state index contributed by atoms with van der Waals surface area (Å²) in [7, 11) is -2.15. The highest BCUT2D eigenvalue weighted by atomic mass is 32.2. The van der Waals surface area contributed by atoms with Gasteiger partial charge in [-0.25, -0.2) is 13.4 Å². The standard InChI is InChI=1S/C19H26N4O4S/c1-27-18-7-6-16(28(25,26)23-11-3-2-4-12-23)14-17(18)19(24)21-8-5-10-22-13-9-20-15-22/h6-7,9,13-15H,2-5,8,10-12H2,1H3,(H,21,24). The number of carbonyl (C=O) groups is 1. The number of benzene rings is 1. The van der Waals surface area contributed by atoms with Gasteiger partial charge in [-0.1, -0.05) is 6.42 Å². The van der Waals surface area contributed by atoms with E-state index < -0.39 is 10.0 Å². The zero-order valence-electron chi connectivity index (χ0n) is 16.0. The summed E-state index contributed by atoms with van der Waals surface area (Å²) in [6, 6.07) is 4.45. The average molecular weight is 407 g/mol. The molecule has 1 fully saturated rings. The van der Waals surface area contributed by atoms with Crippen molar-refractivity contribution in [2.24, 2.45) is 0 Å². The molecule has 2 heterocycles. The lowest BCUT2D eigenvalue weighted by Gasteiger charge is -2.26. The summed E-state index contributed by atoms with van der Waals surface area (Å²) in [4.78, 5) is 16.7. The smallest absolute Gasteiger partial charge is 0.255 e. The fraction of sp³-hybridized carbons (Fsp3) is 0.474. The van der Waals surface area contributed by atoms with Crippen LogP contribution >= 0.6 is 0 Å². The number of aryl methyl sites for hydroxylation is 1. The monoisotopic (exact) mass is 406 g/mol. The van der Waals surface area contributed by atoms with Gasteiger partial charge >= 0.3 is 0 Å². The number of sulfonamides is 1. The molecule has 1 N–H and O–H groups in total. The Kier molecular flexibility index (Phi) is 6.69. The number of aromatic nitrogens is 2. The minimum atomic E-state index is -3.61. The molecule has 9 heteroatoms. The number of piperidine rings is 1. The Hall–Kier alpha value is -2.39. The number of carbonyl (C=O) groups excluding carboxylic acids is 1. The quantitative estimate of drug-likeness (QED) is 0.676. The molecule has 0 saturated carbocycles. The molecule has 1 amide bonds. The maximum absolute atomic E-state index is 12.9. The zero-order chi connectivity index (χ0) is 20.0. The van der Waals surface area contributed by atoms with E-state index in [0.717, 1.165) is 32.2 Å². The fourth-order valence-corrected chi connectivity index (χ4v) is 4.80. The molecule has 0 unspecified atom stereocenters. The van der Waals surface area contributed by atoms with E-state index in [1.165, 1.54) is 29.6 Å². The number of imidazole rings is 1. The highest BCUT2D eigenvalue weighted by molar-refractivity contribution is 7.89. The molecule has 0 aliphatic carbocycles. The molecule has 0 atom stereocenters. The van der Waals surface area contributed by atoms with Gasteiger partial charge in [0.25, 0.3) is 5.91 Å². The second-order valence-corrected chi connectivity index (χ2v) is 8.67. The summed E-state index contributed by atoms with van der Waals surface area (Å²) in [5, 5.41) is 2.83. The van der Waals surface area contributed by atoms with Crippen molar-refractivity contribution in [1.82, 2.24) is 19.2 Å². The molecule has 0 spiro atoms. The molecule has 1 aromatic carbocycles. The molecule has 8 nitrogen and oxygen atoms in total. The van der Waals surface area contributed by atoms with Crippen molar-refractivity contribution in [3.8, 4) is 5.75 Å². The number of hydrogen-bond donors (Lipinski definition) is 1. The first kappa shape index (κ1) is 20.3. The lowest BCUT2D eigenvalue weighted by atomic mass is 10.2. The Morgan fingerprint density at radius 3 is 2.71 bits per heavy atom. The van der Waals surface area contributed by atoms with Crippen molar-refractivity contribution < 1.29 is 17.9 Å². The molecule has 0 radical (unpaired) electrons. The number of amides is 1. The molecule has 3 rings (SSSR count). The second kappa shape index (κ2) is 9.20. The third-order valence-corrected chi connectivity index (χ3v) is 6.70. The minimum absolute atomic E-state index is 0.124. The van der Waals surface area contributed by atoms with E-state index in [2.05, 4.69) is 10.3 Å². The van der Waals surface area contributed by atoms with E-state index in [-0.39, 0.29) is 16.4 Å². The van der Waals surface area contributed by atoms with Gasteiger partial charge in [0.1, 0.15) is 5.75 Å². The first-order valence-corrected chi connectivity index (χ1v) is 10.9. The third-order valence-electron chi connectivity index (χ3n) is 4.81. The van der Waals surface area contributed by atoms with Crippen molar-refractivity contribution in [3.63, 3.8) is 0 Å². The summed E-state index contributed by atoms with van der Waals surface area (Å²) in [5.74, 6) is 0.00267. The minimum Gasteiger partial charge on any atom is -0.496 e. The van der Waals surface area contributed by atoms with E-state index >= 15 is 0 Å².